The molecule has 1 heterocycles. The third kappa shape index (κ3) is 3.58. The summed E-state index contributed by atoms with van der Waals surface area (Å²) in [6.07, 6.45) is 1.51. The first-order chi connectivity index (χ1) is 11.6. The lowest BCUT2D eigenvalue weighted by Gasteiger charge is -2.21. The van der Waals surface area contributed by atoms with Gasteiger partial charge in [0.2, 0.25) is 0 Å². The van der Waals surface area contributed by atoms with Gasteiger partial charge >= 0.3 is 0 Å². The smallest absolute Gasteiger partial charge is 0.161 e. The number of nitrogen functional groups attached to an aromatic ring is 1. The molecule has 0 spiro atoms. The first-order valence-electron chi connectivity index (χ1n) is 7.52. The van der Waals surface area contributed by atoms with E-state index in [4.69, 9.17) is 17.3 Å². The maximum atomic E-state index is 6.26. The SMILES string of the molecule is CN(c1ccccc1)c1ncnc(NCc2ccc(Cl)cc2)c1N. The molecule has 3 rings (SSSR count). The number of para-hydroxylation sites is 1. The van der Waals surface area contributed by atoms with Crippen LogP contribution in [0.15, 0.2) is 60.9 Å². The Kier molecular flexibility index (Phi) is 4.82. The predicted molar refractivity (Wildman–Crippen MR) is 99.7 cm³/mol. The molecule has 122 valence electrons. The van der Waals surface area contributed by atoms with E-state index in [2.05, 4.69) is 15.3 Å². The van der Waals surface area contributed by atoms with E-state index in [0.29, 0.717) is 28.9 Å². The summed E-state index contributed by atoms with van der Waals surface area (Å²) in [5.41, 5.74) is 8.87. The summed E-state index contributed by atoms with van der Waals surface area (Å²) in [6, 6.07) is 17.6. The number of anilines is 4. The summed E-state index contributed by atoms with van der Waals surface area (Å²) in [5, 5.41) is 3.96. The predicted octanol–water partition coefficient (Wildman–Crippen LogP) is 4.09. The Labute approximate surface area is 146 Å². The fourth-order valence-electron chi connectivity index (χ4n) is 2.36. The summed E-state index contributed by atoms with van der Waals surface area (Å²) in [5.74, 6) is 1.27. The Morgan fingerprint density at radius 2 is 1.75 bits per heavy atom. The minimum atomic E-state index is 0.512. The molecule has 0 saturated carbocycles. The first-order valence-corrected chi connectivity index (χ1v) is 7.90. The van der Waals surface area contributed by atoms with Gasteiger partial charge in [0.05, 0.1) is 0 Å². The molecule has 0 aliphatic rings. The highest BCUT2D eigenvalue weighted by Crippen LogP contribution is 2.30. The third-order valence-electron chi connectivity index (χ3n) is 3.70. The average Bonchev–Trinajstić information content (AvgIpc) is 2.62. The molecule has 0 unspecified atom stereocenters. The van der Waals surface area contributed by atoms with Gasteiger partial charge in [0.15, 0.2) is 11.6 Å². The summed E-state index contributed by atoms with van der Waals surface area (Å²) >= 11 is 5.90. The number of halogens is 1. The number of hydrogen-bond donors (Lipinski definition) is 2. The van der Waals surface area contributed by atoms with Crippen molar-refractivity contribution >= 4 is 34.6 Å². The van der Waals surface area contributed by atoms with Crippen LogP contribution in [0.25, 0.3) is 0 Å². The zero-order valence-electron chi connectivity index (χ0n) is 13.3. The minimum Gasteiger partial charge on any atom is -0.393 e. The van der Waals surface area contributed by atoms with E-state index in [-0.39, 0.29) is 0 Å². The monoisotopic (exact) mass is 339 g/mol. The van der Waals surface area contributed by atoms with E-state index < -0.39 is 0 Å². The second-order valence-electron chi connectivity index (χ2n) is 5.33. The van der Waals surface area contributed by atoms with Gasteiger partial charge in [-0.05, 0) is 29.8 Å². The van der Waals surface area contributed by atoms with Gasteiger partial charge < -0.3 is 16.0 Å². The number of rotatable bonds is 5. The molecule has 0 saturated heterocycles. The van der Waals surface area contributed by atoms with Crippen molar-refractivity contribution in [2.24, 2.45) is 0 Å². The van der Waals surface area contributed by atoms with Crippen molar-refractivity contribution in [3.63, 3.8) is 0 Å². The number of nitrogens with one attached hydrogen (secondary N) is 1. The minimum absolute atomic E-state index is 0.512. The van der Waals surface area contributed by atoms with Gasteiger partial charge in [0.25, 0.3) is 0 Å². The lowest BCUT2D eigenvalue weighted by atomic mass is 10.2. The normalized spacial score (nSPS) is 10.4. The van der Waals surface area contributed by atoms with E-state index >= 15 is 0 Å². The molecule has 2 aromatic carbocycles. The summed E-state index contributed by atoms with van der Waals surface area (Å²) in [6.45, 7) is 0.604. The van der Waals surface area contributed by atoms with Crippen LogP contribution < -0.4 is 16.0 Å². The molecule has 0 aliphatic heterocycles. The van der Waals surface area contributed by atoms with E-state index in [1.807, 2.05) is 66.5 Å². The molecule has 3 N–H and O–H groups in total. The van der Waals surface area contributed by atoms with Crippen LogP contribution in [0.3, 0.4) is 0 Å². The fraction of sp³-hybridized carbons (Fsp3) is 0.111. The molecule has 0 bridgehead atoms. The van der Waals surface area contributed by atoms with Crippen molar-refractivity contribution in [1.82, 2.24) is 9.97 Å². The van der Waals surface area contributed by atoms with E-state index in [0.717, 1.165) is 11.3 Å². The number of nitrogens with two attached hydrogens (primary N) is 1. The Morgan fingerprint density at radius 3 is 2.46 bits per heavy atom. The summed E-state index contributed by atoms with van der Waals surface area (Å²) in [4.78, 5) is 10.5. The van der Waals surface area contributed by atoms with Crippen LogP contribution in [0.5, 0.6) is 0 Å². The Hall–Kier alpha value is -2.79. The highest BCUT2D eigenvalue weighted by atomic mass is 35.5. The molecule has 6 heteroatoms. The van der Waals surface area contributed by atoms with Crippen LogP contribution in [0.4, 0.5) is 23.0 Å². The van der Waals surface area contributed by atoms with E-state index in [1.165, 1.54) is 6.33 Å². The number of benzene rings is 2. The number of aromatic nitrogens is 2. The second kappa shape index (κ2) is 7.19. The molecule has 0 atom stereocenters. The van der Waals surface area contributed by atoms with Crippen LogP contribution in [-0.4, -0.2) is 17.0 Å². The van der Waals surface area contributed by atoms with E-state index in [9.17, 15) is 0 Å². The lowest BCUT2D eigenvalue weighted by molar-refractivity contribution is 1.05. The van der Waals surface area contributed by atoms with Gasteiger partial charge in [0, 0.05) is 24.3 Å². The topological polar surface area (TPSA) is 67.1 Å². The Bertz CT molecular complexity index is 805. The van der Waals surface area contributed by atoms with Gasteiger partial charge in [0.1, 0.15) is 12.0 Å². The zero-order valence-corrected chi connectivity index (χ0v) is 14.0. The summed E-state index contributed by atoms with van der Waals surface area (Å²) < 4.78 is 0. The van der Waals surface area contributed by atoms with E-state index in [1.54, 1.807) is 0 Å². The Morgan fingerprint density at radius 1 is 1.04 bits per heavy atom. The standard InChI is InChI=1S/C18H18ClN5/c1-24(15-5-3-2-4-6-15)18-16(20)17(22-12-23-18)21-11-13-7-9-14(19)10-8-13/h2-10,12H,11,20H2,1H3,(H,21,22,23). The average molecular weight is 340 g/mol. The van der Waals surface area contributed by atoms with Crippen molar-refractivity contribution in [2.45, 2.75) is 6.54 Å². The fourth-order valence-corrected chi connectivity index (χ4v) is 2.48. The van der Waals surface area contributed by atoms with Crippen LogP contribution in [0.1, 0.15) is 5.56 Å². The number of hydrogen-bond acceptors (Lipinski definition) is 5. The van der Waals surface area contributed by atoms with Gasteiger partial charge in [-0.25, -0.2) is 9.97 Å². The quantitative estimate of drug-likeness (QED) is 0.732. The maximum Gasteiger partial charge on any atom is 0.161 e. The zero-order chi connectivity index (χ0) is 16.9. The van der Waals surface area contributed by atoms with Crippen LogP contribution in [-0.2, 0) is 6.54 Å². The lowest BCUT2D eigenvalue weighted by Crippen LogP contribution is -2.15. The molecule has 5 nitrogen and oxygen atoms in total. The number of nitrogens with zero attached hydrogens (tertiary/aromatic N) is 3. The molecule has 1 aromatic heterocycles. The van der Waals surface area contributed by atoms with Crippen LogP contribution in [0.2, 0.25) is 5.02 Å². The first kappa shape index (κ1) is 16.1. The second-order valence-corrected chi connectivity index (χ2v) is 5.77. The molecular weight excluding hydrogens is 322 g/mol. The van der Waals surface area contributed by atoms with Crippen LogP contribution >= 0.6 is 11.6 Å². The largest absolute Gasteiger partial charge is 0.393 e. The van der Waals surface area contributed by atoms with Crippen molar-refractivity contribution in [3.05, 3.63) is 71.5 Å². The van der Waals surface area contributed by atoms with Crippen molar-refractivity contribution < 1.29 is 0 Å². The molecular formula is C18H18ClN5. The summed E-state index contributed by atoms with van der Waals surface area (Å²) in [7, 11) is 1.93. The molecule has 24 heavy (non-hydrogen) atoms. The van der Waals surface area contributed by atoms with Gasteiger partial charge in [-0.3, -0.25) is 0 Å². The molecule has 0 fully saturated rings. The Balaban J connectivity index is 1.79. The molecule has 3 aromatic rings. The molecule has 0 aliphatic carbocycles. The third-order valence-corrected chi connectivity index (χ3v) is 3.95. The molecule has 0 amide bonds. The molecule has 0 radical (unpaired) electrons. The highest BCUT2D eigenvalue weighted by Gasteiger charge is 2.13. The van der Waals surface area contributed by atoms with Crippen molar-refractivity contribution in [1.29, 1.82) is 0 Å². The maximum absolute atomic E-state index is 6.26. The van der Waals surface area contributed by atoms with Gasteiger partial charge in [-0.2, -0.15) is 0 Å². The van der Waals surface area contributed by atoms with Gasteiger partial charge in [-0.1, -0.05) is 41.9 Å². The van der Waals surface area contributed by atoms with Crippen molar-refractivity contribution in [2.75, 3.05) is 23.0 Å². The van der Waals surface area contributed by atoms with Gasteiger partial charge in [-0.15, -0.1) is 0 Å². The van der Waals surface area contributed by atoms with Crippen molar-refractivity contribution in [3.8, 4) is 0 Å². The highest BCUT2D eigenvalue weighted by molar-refractivity contribution is 6.30. The van der Waals surface area contributed by atoms with Crippen LogP contribution in [0, 0.1) is 0 Å².